The summed E-state index contributed by atoms with van der Waals surface area (Å²) < 4.78 is 14.0. The molecule has 0 heterocycles. The normalized spacial score (nSPS) is 12.8. The number of carbonyl (C=O) groups excluding carboxylic acids is 2. The zero-order chi connectivity index (χ0) is 21.2. The predicted octanol–water partition coefficient (Wildman–Crippen LogP) is 2.60. The van der Waals surface area contributed by atoms with Crippen LogP contribution in [0.4, 0.5) is 10.1 Å². The van der Waals surface area contributed by atoms with Crippen LogP contribution < -0.4 is 22.1 Å². The van der Waals surface area contributed by atoms with Crippen molar-refractivity contribution in [3.63, 3.8) is 0 Å². The molecule has 2 aromatic rings. The van der Waals surface area contributed by atoms with Crippen molar-refractivity contribution in [3.8, 4) is 0 Å². The van der Waals surface area contributed by atoms with Crippen LogP contribution >= 0.6 is 11.6 Å². The summed E-state index contributed by atoms with van der Waals surface area (Å²) in [5.41, 5.74) is 12.3. The molecule has 0 spiro atoms. The molecule has 6 nitrogen and oxygen atoms in total. The summed E-state index contributed by atoms with van der Waals surface area (Å²) in [5.74, 6) is -1.60. The van der Waals surface area contributed by atoms with Gasteiger partial charge in [0.05, 0.1) is 11.7 Å². The van der Waals surface area contributed by atoms with Crippen molar-refractivity contribution in [1.82, 2.24) is 5.32 Å². The van der Waals surface area contributed by atoms with Crippen molar-refractivity contribution >= 4 is 29.1 Å². The number of anilines is 1. The molecule has 2 amide bonds. The van der Waals surface area contributed by atoms with E-state index in [2.05, 4.69) is 10.6 Å². The van der Waals surface area contributed by atoms with Crippen LogP contribution in [0.1, 0.15) is 24.8 Å². The van der Waals surface area contributed by atoms with Crippen LogP contribution in [-0.2, 0) is 16.0 Å². The van der Waals surface area contributed by atoms with Crippen LogP contribution in [0.15, 0.2) is 48.5 Å². The Kier molecular flexibility index (Phi) is 9.05. The molecule has 0 fully saturated rings. The molecule has 2 rings (SSSR count). The van der Waals surface area contributed by atoms with Gasteiger partial charge in [-0.1, -0.05) is 41.9 Å². The fraction of sp³-hybridized carbons (Fsp3) is 0.333. The number of hydrogen-bond donors (Lipinski definition) is 4. The first-order valence-electron chi connectivity index (χ1n) is 9.46. The van der Waals surface area contributed by atoms with Gasteiger partial charge >= 0.3 is 0 Å². The summed E-state index contributed by atoms with van der Waals surface area (Å²) >= 11 is 5.88. The molecular weight excluding hydrogens is 395 g/mol. The van der Waals surface area contributed by atoms with Crippen molar-refractivity contribution in [2.24, 2.45) is 11.5 Å². The molecule has 0 aliphatic carbocycles. The first-order chi connectivity index (χ1) is 13.9. The Balaban J connectivity index is 2.10. The van der Waals surface area contributed by atoms with Crippen molar-refractivity contribution in [2.45, 2.75) is 37.8 Å². The first-order valence-corrected chi connectivity index (χ1v) is 9.84. The van der Waals surface area contributed by atoms with Crippen LogP contribution in [0.25, 0.3) is 0 Å². The molecule has 0 saturated carbocycles. The third-order valence-electron chi connectivity index (χ3n) is 4.44. The Labute approximate surface area is 174 Å². The Morgan fingerprint density at radius 2 is 1.79 bits per heavy atom. The molecule has 0 aromatic heterocycles. The summed E-state index contributed by atoms with van der Waals surface area (Å²) in [4.78, 5) is 25.2. The van der Waals surface area contributed by atoms with Gasteiger partial charge in [0.25, 0.3) is 0 Å². The number of benzene rings is 2. The number of rotatable bonds is 10. The van der Waals surface area contributed by atoms with Gasteiger partial charge in [0, 0.05) is 5.02 Å². The topological polar surface area (TPSA) is 110 Å². The van der Waals surface area contributed by atoms with E-state index in [0.717, 1.165) is 11.6 Å². The molecule has 29 heavy (non-hydrogen) atoms. The highest BCUT2D eigenvalue weighted by atomic mass is 35.5. The second-order valence-electron chi connectivity index (χ2n) is 6.74. The predicted molar refractivity (Wildman–Crippen MR) is 113 cm³/mol. The fourth-order valence-corrected chi connectivity index (χ4v) is 2.96. The largest absolute Gasteiger partial charge is 0.343 e. The average Bonchev–Trinajstić information content (AvgIpc) is 2.72. The summed E-state index contributed by atoms with van der Waals surface area (Å²) in [7, 11) is 0. The zero-order valence-electron chi connectivity index (χ0n) is 16.0. The quantitative estimate of drug-likeness (QED) is 0.473. The van der Waals surface area contributed by atoms with Crippen LogP contribution in [0, 0.1) is 5.82 Å². The van der Waals surface area contributed by atoms with Crippen molar-refractivity contribution in [1.29, 1.82) is 0 Å². The van der Waals surface area contributed by atoms with Gasteiger partial charge in [-0.25, -0.2) is 4.39 Å². The number of carbonyl (C=O) groups is 2. The average molecular weight is 421 g/mol. The lowest BCUT2D eigenvalue weighted by atomic mass is 10.0. The van der Waals surface area contributed by atoms with E-state index < -0.39 is 29.7 Å². The van der Waals surface area contributed by atoms with Gasteiger partial charge in [0.2, 0.25) is 11.8 Å². The summed E-state index contributed by atoms with van der Waals surface area (Å²) in [6.07, 6.45) is 1.89. The second-order valence-corrected chi connectivity index (χ2v) is 7.17. The summed E-state index contributed by atoms with van der Waals surface area (Å²) in [6.45, 7) is 0.424. The monoisotopic (exact) mass is 420 g/mol. The van der Waals surface area contributed by atoms with Crippen LogP contribution in [0.2, 0.25) is 5.02 Å². The number of nitrogens with one attached hydrogen (secondary N) is 2. The molecule has 2 atom stereocenters. The maximum Gasteiger partial charge on any atom is 0.247 e. The lowest BCUT2D eigenvalue weighted by Gasteiger charge is -2.21. The van der Waals surface area contributed by atoms with E-state index in [1.807, 2.05) is 30.3 Å². The molecule has 6 N–H and O–H groups in total. The number of aryl methyl sites for hydroxylation is 1. The molecule has 0 saturated heterocycles. The standard InChI is InChI=1S/C21H26ClFN4O2/c22-15-9-10-16(23)19(13-15)27-21(29)18(11-8-14-5-2-1-3-6-14)26-20(28)17(25)7-4-12-24/h1-3,5-6,9-10,13,17-18H,4,7-8,11-12,24-25H2,(H,26,28)(H,27,29)/t17-,18+/m0/s1. The Hall–Kier alpha value is -2.48. The van der Waals surface area contributed by atoms with Crippen LogP contribution in [0.5, 0.6) is 0 Å². The smallest absolute Gasteiger partial charge is 0.247 e. The Morgan fingerprint density at radius 3 is 2.48 bits per heavy atom. The Bertz CT molecular complexity index is 820. The molecule has 0 unspecified atom stereocenters. The van der Waals surface area contributed by atoms with Gasteiger partial charge in [0.1, 0.15) is 11.9 Å². The van der Waals surface area contributed by atoms with E-state index >= 15 is 0 Å². The van der Waals surface area contributed by atoms with Crippen molar-refractivity contribution in [3.05, 3.63) is 64.9 Å². The minimum Gasteiger partial charge on any atom is -0.343 e. The van der Waals surface area contributed by atoms with Crippen LogP contribution in [0.3, 0.4) is 0 Å². The third-order valence-corrected chi connectivity index (χ3v) is 4.67. The van der Waals surface area contributed by atoms with Gasteiger partial charge in [-0.3, -0.25) is 9.59 Å². The summed E-state index contributed by atoms with van der Waals surface area (Å²) in [6, 6.07) is 11.8. The summed E-state index contributed by atoms with van der Waals surface area (Å²) in [5, 5.41) is 5.47. The number of nitrogens with two attached hydrogens (primary N) is 2. The highest BCUT2D eigenvalue weighted by Gasteiger charge is 2.24. The van der Waals surface area contributed by atoms with Gasteiger partial charge in [0.15, 0.2) is 0 Å². The fourth-order valence-electron chi connectivity index (χ4n) is 2.79. The lowest BCUT2D eigenvalue weighted by Crippen LogP contribution is -2.50. The molecule has 0 bridgehead atoms. The van der Waals surface area contributed by atoms with Gasteiger partial charge < -0.3 is 22.1 Å². The molecule has 156 valence electrons. The Morgan fingerprint density at radius 1 is 1.07 bits per heavy atom. The van der Waals surface area contributed by atoms with Crippen LogP contribution in [-0.4, -0.2) is 30.4 Å². The van der Waals surface area contributed by atoms with Crippen molar-refractivity contribution < 1.29 is 14.0 Å². The molecule has 0 aliphatic rings. The first kappa shape index (κ1) is 22.8. The molecule has 8 heteroatoms. The molecular formula is C21H26ClFN4O2. The SMILES string of the molecule is NCCC[C@H](N)C(=O)N[C@H](CCc1ccccc1)C(=O)Nc1cc(Cl)ccc1F. The number of halogens is 2. The minimum atomic E-state index is -0.884. The minimum absolute atomic E-state index is 0.0473. The third kappa shape index (κ3) is 7.45. The number of hydrogen-bond acceptors (Lipinski definition) is 4. The highest BCUT2D eigenvalue weighted by Crippen LogP contribution is 2.20. The lowest BCUT2D eigenvalue weighted by molar-refractivity contribution is -0.127. The molecule has 0 aliphatic heterocycles. The van der Waals surface area contributed by atoms with Gasteiger partial charge in [-0.2, -0.15) is 0 Å². The van der Waals surface area contributed by atoms with E-state index in [9.17, 15) is 14.0 Å². The van der Waals surface area contributed by atoms with Gasteiger partial charge in [-0.15, -0.1) is 0 Å². The second kappa shape index (κ2) is 11.5. The van der Waals surface area contributed by atoms with E-state index in [1.165, 1.54) is 12.1 Å². The van der Waals surface area contributed by atoms with E-state index in [1.54, 1.807) is 0 Å². The van der Waals surface area contributed by atoms with E-state index in [-0.39, 0.29) is 10.7 Å². The van der Waals surface area contributed by atoms with E-state index in [0.29, 0.717) is 32.2 Å². The maximum absolute atomic E-state index is 14.0. The zero-order valence-corrected chi connectivity index (χ0v) is 16.8. The molecule has 0 radical (unpaired) electrons. The molecule has 2 aromatic carbocycles. The number of amides is 2. The van der Waals surface area contributed by atoms with E-state index in [4.69, 9.17) is 23.1 Å². The van der Waals surface area contributed by atoms with Crippen molar-refractivity contribution in [2.75, 3.05) is 11.9 Å². The highest BCUT2D eigenvalue weighted by molar-refractivity contribution is 6.30. The van der Waals surface area contributed by atoms with Gasteiger partial charge in [-0.05, 0) is 56.0 Å². The maximum atomic E-state index is 14.0.